The number of nitrogens with one attached hydrogen (secondary N) is 1. The molecule has 1 aromatic carbocycles. The van der Waals surface area contributed by atoms with E-state index in [0.29, 0.717) is 0 Å². The SMILES string of the molecule is CNC(c1ccccc1)C(C)S(=O)(=O)C(C)C(C)C. The highest BCUT2D eigenvalue weighted by Crippen LogP contribution is 2.26. The molecule has 3 atom stereocenters. The van der Waals surface area contributed by atoms with Crippen LogP contribution in [-0.4, -0.2) is 26.0 Å². The summed E-state index contributed by atoms with van der Waals surface area (Å²) in [6, 6.07) is 9.56. The number of rotatable bonds is 6. The zero-order valence-corrected chi connectivity index (χ0v) is 13.2. The van der Waals surface area contributed by atoms with Gasteiger partial charge in [-0.15, -0.1) is 0 Å². The number of sulfone groups is 1. The molecule has 1 aromatic rings. The van der Waals surface area contributed by atoms with Crippen LogP contribution < -0.4 is 5.32 Å². The summed E-state index contributed by atoms with van der Waals surface area (Å²) in [5.74, 6) is 0.126. The molecule has 0 saturated carbocycles. The second kappa shape index (κ2) is 6.53. The van der Waals surface area contributed by atoms with E-state index in [2.05, 4.69) is 5.32 Å². The summed E-state index contributed by atoms with van der Waals surface area (Å²) < 4.78 is 25.2. The first-order valence-corrected chi connectivity index (χ1v) is 8.38. The summed E-state index contributed by atoms with van der Waals surface area (Å²) in [4.78, 5) is 0. The van der Waals surface area contributed by atoms with Gasteiger partial charge in [0, 0.05) is 6.04 Å². The normalized spacial score (nSPS) is 17.2. The van der Waals surface area contributed by atoms with Gasteiger partial charge in [-0.1, -0.05) is 44.2 Å². The van der Waals surface area contributed by atoms with E-state index >= 15 is 0 Å². The Kier molecular flexibility index (Phi) is 5.56. The number of hydrogen-bond donors (Lipinski definition) is 1. The molecule has 3 unspecified atom stereocenters. The fraction of sp³-hybridized carbons (Fsp3) is 0.600. The molecule has 0 aromatic heterocycles. The molecule has 19 heavy (non-hydrogen) atoms. The van der Waals surface area contributed by atoms with Crippen molar-refractivity contribution in [3.05, 3.63) is 35.9 Å². The van der Waals surface area contributed by atoms with Crippen molar-refractivity contribution in [2.75, 3.05) is 7.05 Å². The van der Waals surface area contributed by atoms with E-state index < -0.39 is 15.1 Å². The van der Waals surface area contributed by atoms with Crippen LogP contribution in [0.4, 0.5) is 0 Å². The lowest BCUT2D eigenvalue weighted by atomic mass is 10.0. The van der Waals surface area contributed by atoms with Gasteiger partial charge in [0.25, 0.3) is 0 Å². The number of benzene rings is 1. The molecular weight excluding hydrogens is 258 g/mol. The van der Waals surface area contributed by atoms with Gasteiger partial charge in [0.2, 0.25) is 0 Å². The van der Waals surface area contributed by atoms with Crippen LogP contribution in [-0.2, 0) is 9.84 Å². The molecule has 0 radical (unpaired) electrons. The first-order valence-electron chi connectivity index (χ1n) is 6.77. The second-order valence-corrected chi connectivity index (χ2v) is 8.09. The predicted molar refractivity (Wildman–Crippen MR) is 80.9 cm³/mol. The van der Waals surface area contributed by atoms with Crippen LogP contribution in [0, 0.1) is 5.92 Å². The lowest BCUT2D eigenvalue weighted by molar-refractivity contribution is 0.502. The van der Waals surface area contributed by atoms with E-state index in [1.54, 1.807) is 13.8 Å². The predicted octanol–water partition coefficient (Wildman–Crippen LogP) is 2.79. The fourth-order valence-corrected chi connectivity index (χ4v) is 4.35. The van der Waals surface area contributed by atoms with E-state index in [1.807, 2.05) is 51.2 Å². The van der Waals surface area contributed by atoms with Crippen molar-refractivity contribution in [1.82, 2.24) is 5.32 Å². The zero-order valence-electron chi connectivity index (χ0n) is 12.4. The van der Waals surface area contributed by atoms with Crippen LogP contribution in [0.15, 0.2) is 30.3 Å². The van der Waals surface area contributed by atoms with E-state index in [1.165, 1.54) is 0 Å². The first-order chi connectivity index (χ1) is 8.82. The number of hydrogen-bond acceptors (Lipinski definition) is 3. The standard InChI is InChI=1S/C15H25NO2S/c1-11(2)12(3)19(17,18)13(4)15(16-5)14-9-7-6-8-10-14/h6-13,15-16H,1-5H3. The summed E-state index contributed by atoms with van der Waals surface area (Å²) in [6.45, 7) is 7.49. The van der Waals surface area contributed by atoms with E-state index in [4.69, 9.17) is 0 Å². The van der Waals surface area contributed by atoms with E-state index in [-0.39, 0.29) is 17.2 Å². The Morgan fingerprint density at radius 2 is 1.47 bits per heavy atom. The minimum absolute atomic E-state index is 0.126. The molecule has 1 rings (SSSR count). The van der Waals surface area contributed by atoms with Gasteiger partial charge in [-0.3, -0.25) is 0 Å². The van der Waals surface area contributed by atoms with Crippen molar-refractivity contribution in [3.8, 4) is 0 Å². The third-order valence-electron chi connectivity index (χ3n) is 3.91. The van der Waals surface area contributed by atoms with Crippen molar-refractivity contribution in [3.63, 3.8) is 0 Å². The van der Waals surface area contributed by atoms with Crippen LogP contribution in [0.1, 0.15) is 39.3 Å². The Morgan fingerprint density at radius 3 is 1.89 bits per heavy atom. The third-order valence-corrected chi connectivity index (χ3v) is 6.80. The maximum atomic E-state index is 12.6. The van der Waals surface area contributed by atoms with Gasteiger partial charge in [-0.25, -0.2) is 8.42 Å². The molecule has 0 aliphatic heterocycles. The Hall–Kier alpha value is -0.870. The molecule has 0 aliphatic carbocycles. The Morgan fingerprint density at radius 1 is 0.947 bits per heavy atom. The van der Waals surface area contributed by atoms with E-state index in [9.17, 15) is 8.42 Å². The second-order valence-electron chi connectivity index (χ2n) is 5.42. The summed E-state index contributed by atoms with van der Waals surface area (Å²) in [5, 5.41) is 2.36. The molecule has 3 nitrogen and oxygen atoms in total. The molecule has 0 aliphatic rings. The van der Waals surface area contributed by atoms with E-state index in [0.717, 1.165) is 5.56 Å². The van der Waals surface area contributed by atoms with Gasteiger partial charge >= 0.3 is 0 Å². The van der Waals surface area contributed by atoms with Gasteiger partial charge in [0.15, 0.2) is 9.84 Å². The van der Waals surface area contributed by atoms with Gasteiger partial charge in [0.05, 0.1) is 10.5 Å². The molecule has 1 N–H and O–H groups in total. The molecule has 0 bridgehead atoms. The Bertz CT molecular complexity index is 482. The Labute approximate surface area is 117 Å². The minimum Gasteiger partial charge on any atom is -0.312 e. The highest BCUT2D eigenvalue weighted by molar-refractivity contribution is 7.92. The minimum atomic E-state index is -3.16. The third kappa shape index (κ3) is 3.57. The molecule has 0 fully saturated rings. The van der Waals surface area contributed by atoms with Crippen molar-refractivity contribution in [2.45, 2.75) is 44.2 Å². The highest BCUT2D eigenvalue weighted by atomic mass is 32.2. The lowest BCUT2D eigenvalue weighted by Crippen LogP contribution is -2.39. The van der Waals surface area contributed by atoms with Crippen molar-refractivity contribution in [1.29, 1.82) is 0 Å². The first kappa shape index (κ1) is 16.2. The molecule has 0 heterocycles. The highest BCUT2D eigenvalue weighted by Gasteiger charge is 2.35. The van der Waals surface area contributed by atoms with Crippen LogP contribution in [0.3, 0.4) is 0 Å². The molecule has 4 heteroatoms. The van der Waals surface area contributed by atoms with Gasteiger partial charge < -0.3 is 5.32 Å². The molecule has 0 spiro atoms. The molecule has 108 valence electrons. The smallest absolute Gasteiger partial charge is 0.157 e. The summed E-state index contributed by atoms with van der Waals surface area (Å²) in [7, 11) is -1.35. The van der Waals surface area contributed by atoms with Crippen LogP contribution >= 0.6 is 0 Å². The zero-order chi connectivity index (χ0) is 14.6. The molecule has 0 saturated heterocycles. The Balaban J connectivity index is 3.06. The topological polar surface area (TPSA) is 46.2 Å². The largest absolute Gasteiger partial charge is 0.312 e. The summed E-state index contributed by atoms with van der Waals surface area (Å²) >= 11 is 0. The molecule has 0 amide bonds. The summed E-state index contributed by atoms with van der Waals surface area (Å²) in [6.07, 6.45) is 0. The average molecular weight is 283 g/mol. The van der Waals surface area contributed by atoms with Gasteiger partial charge in [0.1, 0.15) is 0 Å². The van der Waals surface area contributed by atoms with Gasteiger partial charge in [-0.2, -0.15) is 0 Å². The van der Waals surface area contributed by atoms with Crippen molar-refractivity contribution in [2.24, 2.45) is 5.92 Å². The van der Waals surface area contributed by atoms with Gasteiger partial charge in [-0.05, 0) is 32.4 Å². The van der Waals surface area contributed by atoms with Crippen molar-refractivity contribution < 1.29 is 8.42 Å². The monoisotopic (exact) mass is 283 g/mol. The lowest BCUT2D eigenvalue weighted by Gasteiger charge is -2.28. The average Bonchev–Trinajstić information content (AvgIpc) is 2.39. The maximum absolute atomic E-state index is 12.6. The summed E-state index contributed by atoms with van der Waals surface area (Å²) in [5.41, 5.74) is 1.01. The molecular formula is C15H25NO2S. The van der Waals surface area contributed by atoms with Crippen molar-refractivity contribution >= 4 is 9.84 Å². The van der Waals surface area contributed by atoms with Crippen LogP contribution in [0.25, 0.3) is 0 Å². The quantitative estimate of drug-likeness (QED) is 0.873. The van der Waals surface area contributed by atoms with Crippen LogP contribution in [0.2, 0.25) is 0 Å². The van der Waals surface area contributed by atoms with Crippen LogP contribution in [0.5, 0.6) is 0 Å². The fourth-order valence-electron chi connectivity index (χ4n) is 2.24. The maximum Gasteiger partial charge on any atom is 0.157 e.